The highest BCUT2D eigenvalue weighted by molar-refractivity contribution is 5.71. The van der Waals surface area contributed by atoms with E-state index in [0.717, 1.165) is 167 Å². The van der Waals surface area contributed by atoms with Crippen LogP contribution in [0.4, 0.5) is 0 Å². The highest BCUT2D eigenvalue weighted by atomic mass is 16.6. The average molecular weight is 1070 g/mol. The number of hydrogen-bond acceptors (Lipinski definition) is 6. The molecule has 0 aliphatic heterocycles. The van der Waals surface area contributed by atoms with E-state index in [0.29, 0.717) is 19.3 Å². The van der Waals surface area contributed by atoms with Gasteiger partial charge in [-0.1, -0.05) is 254 Å². The van der Waals surface area contributed by atoms with Crippen LogP contribution in [-0.2, 0) is 28.6 Å². The summed E-state index contributed by atoms with van der Waals surface area (Å²) in [6, 6.07) is 0. The average Bonchev–Trinajstić information content (AvgIpc) is 3.44. The molecule has 78 heavy (non-hydrogen) atoms. The van der Waals surface area contributed by atoms with Crippen LogP contribution in [0, 0.1) is 0 Å². The molecule has 0 amide bonds. The van der Waals surface area contributed by atoms with Crippen LogP contribution in [0.3, 0.4) is 0 Å². The SMILES string of the molecule is CC/C=C\C/C=C\C/C=C\C/C=C\C/C=C\C/C=C\C/C=C\C/C=C\CCCCCCC(=O)OCC(COC(=O)CCCCCCCC)OC(=O)CCCCC/C=C\C/C=C\C/C=C\C/C=C\C/C=C\C/C=C\C/C=C\CC. The lowest BCUT2D eigenvalue weighted by Crippen LogP contribution is -2.30. The summed E-state index contributed by atoms with van der Waals surface area (Å²) in [6.45, 7) is 6.28. The summed E-state index contributed by atoms with van der Waals surface area (Å²) in [7, 11) is 0. The normalized spacial score (nSPS) is 13.4. The molecular formula is C72H110O6. The molecule has 1 unspecified atom stereocenters. The number of ether oxygens (including phenoxy) is 3. The predicted octanol–water partition coefficient (Wildman–Crippen LogP) is 21.3. The molecule has 434 valence electrons. The van der Waals surface area contributed by atoms with E-state index in [2.05, 4.69) is 203 Å². The van der Waals surface area contributed by atoms with Crippen LogP contribution in [0.25, 0.3) is 0 Å². The molecule has 1 atom stereocenters. The lowest BCUT2D eigenvalue weighted by atomic mass is 10.1. The van der Waals surface area contributed by atoms with Crippen molar-refractivity contribution in [2.75, 3.05) is 13.2 Å². The van der Waals surface area contributed by atoms with Crippen LogP contribution >= 0.6 is 0 Å². The second kappa shape index (κ2) is 64.0. The quantitative estimate of drug-likeness (QED) is 0.0261. The van der Waals surface area contributed by atoms with E-state index in [4.69, 9.17) is 14.2 Å². The van der Waals surface area contributed by atoms with E-state index in [1.807, 2.05) is 0 Å². The molecule has 0 heterocycles. The van der Waals surface area contributed by atoms with Crippen molar-refractivity contribution >= 4 is 17.9 Å². The van der Waals surface area contributed by atoms with Gasteiger partial charge in [-0.2, -0.15) is 0 Å². The van der Waals surface area contributed by atoms with Gasteiger partial charge in [0.2, 0.25) is 0 Å². The zero-order valence-corrected chi connectivity index (χ0v) is 49.6. The first-order valence-electron chi connectivity index (χ1n) is 30.8. The number of unbranched alkanes of at least 4 members (excludes halogenated alkanes) is 12. The molecule has 0 aromatic heterocycles. The van der Waals surface area contributed by atoms with E-state index < -0.39 is 6.10 Å². The number of allylic oxidation sites excluding steroid dienone is 30. The molecule has 0 saturated heterocycles. The summed E-state index contributed by atoms with van der Waals surface area (Å²) < 4.78 is 16.7. The Morgan fingerprint density at radius 2 is 0.500 bits per heavy atom. The van der Waals surface area contributed by atoms with E-state index in [1.54, 1.807) is 0 Å². The van der Waals surface area contributed by atoms with Gasteiger partial charge in [-0.15, -0.1) is 0 Å². The summed E-state index contributed by atoms with van der Waals surface area (Å²) in [5.74, 6) is -0.990. The van der Waals surface area contributed by atoms with E-state index in [1.165, 1.54) is 19.3 Å². The van der Waals surface area contributed by atoms with Gasteiger partial charge in [0, 0.05) is 19.3 Å². The molecule has 0 bridgehead atoms. The monoisotopic (exact) mass is 1070 g/mol. The van der Waals surface area contributed by atoms with E-state index >= 15 is 0 Å². The number of rotatable bonds is 53. The van der Waals surface area contributed by atoms with Gasteiger partial charge in [0.15, 0.2) is 6.10 Å². The molecule has 0 radical (unpaired) electrons. The third-order valence-electron chi connectivity index (χ3n) is 12.2. The molecule has 0 spiro atoms. The maximum Gasteiger partial charge on any atom is 0.306 e. The summed E-state index contributed by atoms with van der Waals surface area (Å²) in [6.07, 6.45) is 96.3. The van der Waals surface area contributed by atoms with Crippen molar-refractivity contribution in [2.24, 2.45) is 0 Å². The lowest BCUT2D eigenvalue weighted by Gasteiger charge is -2.18. The topological polar surface area (TPSA) is 78.9 Å². The van der Waals surface area contributed by atoms with Gasteiger partial charge >= 0.3 is 17.9 Å². The second-order valence-electron chi connectivity index (χ2n) is 19.5. The Hall–Kier alpha value is -5.49. The largest absolute Gasteiger partial charge is 0.462 e. The van der Waals surface area contributed by atoms with Crippen molar-refractivity contribution in [2.45, 2.75) is 239 Å². The van der Waals surface area contributed by atoms with Crippen LogP contribution < -0.4 is 0 Å². The Morgan fingerprint density at radius 1 is 0.269 bits per heavy atom. The van der Waals surface area contributed by atoms with Crippen molar-refractivity contribution in [1.29, 1.82) is 0 Å². The summed E-state index contributed by atoms with van der Waals surface area (Å²) >= 11 is 0. The Morgan fingerprint density at radius 3 is 0.795 bits per heavy atom. The molecule has 0 aromatic rings. The first-order chi connectivity index (χ1) is 38.5. The molecule has 0 aliphatic carbocycles. The fraction of sp³-hybridized carbons (Fsp3) is 0.542. The Labute approximate surface area is 478 Å². The maximum atomic E-state index is 12.8. The minimum Gasteiger partial charge on any atom is -0.462 e. The van der Waals surface area contributed by atoms with Crippen LogP contribution in [-0.4, -0.2) is 37.2 Å². The van der Waals surface area contributed by atoms with E-state index in [-0.39, 0.29) is 37.5 Å². The van der Waals surface area contributed by atoms with Crippen molar-refractivity contribution in [3.05, 3.63) is 182 Å². The molecule has 0 saturated carbocycles. The smallest absolute Gasteiger partial charge is 0.306 e. The highest BCUT2D eigenvalue weighted by Gasteiger charge is 2.19. The van der Waals surface area contributed by atoms with Crippen LogP contribution in [0.2, 0.25) is 0 Å². The Kier molecular flexibility index (Phi) is 59.5. The summed E-state index contributed by atoms with van der Waals surface area (Å²) in [5.41, 5.74) is 0. The molecule has 0 rings (SSSR count). The molecule has 0 fully saturated rings. The second-order valence-corrected chi connectivity index (χ2v) is 19.5. The van der Waals surface area contributed by atoms with Crippen LogP contribution in [0.5, 0.6) is 0 Å². The number of carbonyl (C=O) groups is 3. The zero-order valence-electron chi connectivity index (χ0n) is 49.6. The van der Waals surface area contributed by atoms with Gasteiger partial charge in [-0.3, -0.25) is 14.4 Å². The maximum absolute atomic E-state index is 12.8. The van der Waals surface area contributed by atoms with Crippen molar-refractivity contribution < 1.29 is 28.6 Å². The third-order valence-corrected chi connectivity index (χ3v) is 12.2. The molecule has 0 aliphatic rings. The van der Waals surface area contributed by atoms with Gasteiger partial charge in [0.05, 0.1) is 0 Å². The Balaban J connectivity index is 4.31. The number of carbonyl (C=O) groups excluding carboxylic acids is 3. The van der Waals surface area contributed by atoms with Crippen LogP contribution in [0.1, 0.15) is 233 Å². The highest BCUT2D eigenvalue weighted by Crippen LogP contribution is 2.12. The zero-order chi connectivity index (χ0) is 56.4. The third kappa shape index (κ3) is 61.4. The molecule has 0 N–H and O–H groups in total. The molecule has 0 aromatic carbocycles. The van der Waals surface area contributed by atoms with Gasteiger partial charge in [-0.25, -0.2) is 0 Å². The minimum absolute atomic E-state index is 0.109. The van der Waals surface area contributed by atoms with Crippen molar-refractivity contribution in [1.82, 2.24) is 0 Å². The summed E-state index contributed by atoms with van der Waals surface area (Å²) in [4.78, 5) is 38.0. The van der Waals surface area contributed by atoms with Crippen molar-refractivity contribution in [3.63, 3.8) is 0 Å². The standard InChI is InChI=1S/C72H110O6/c1-4-7-10-13-16-18-20-22-24-26-28-30-32-34-35-36-37-39-40-42-44-46-48-50-52-54-56-59-62-65-71(74)77-68-69(67-76-70(73)64-61-58-15-12-9-6-3)78-72(75)66-63-60-57-55-53-51-49-47-45-43-41-38-33-31-29-27-25-23-21-19-17-14-11-8-5-2/h7-8,10-11,16-19,22-25,28-31,34-35,37-39,41-42,44-45,47-48,50-51,53,69H,4-6,9,12-15,20-21,26-27,32-33,36,40,43,46,49,52,54-68H2,1-3H3/b10-7-,11-8-,18-16-,19-17-,24-22-,25-23-,30-28-,31-29-,35-34-,39-37-,41-38-,44-42-,47-45-,50-48-,53-51-. The fourth-order valence-electron chi connectivity index (χ4n) is 7.61. The number of esters is 3. The van der Waals surface area contributed by atoms with Gasteiger partial charge in [-0.05, 0) is 141 Å². The first kappa shape index (κ1) is 72.5. The van der Waals surface area contributed by atoms with Crippen LogP contribution in [0.15, 0.2) is 182 Å². The van der Waals surface area contributed by atoms with Gasteiger partial charge < -0.3 is 14.2 Å². The first-order valence-corrected chi connectivity index (χ1v) is 30.8. The Bertz CT molecular complexity index is 1850. The molecule has 6 heteroatoms. The molecule has 6 nitrogen and oxygen atoms in total. The van der Waals surface area contributed by atoms with Gasteiger partial charge in [0.1, 0.15) is 13.2 Å². The van der Waals surface area contributed by atoms with Gasteiger partial charge in [0.25, 0.3) is 0 Å². The lowest BCUT2D eigenvalue weighted by molar-refractivity contribution is -0.167. The van der Waals surface area contributed by atoms with Crippen molar-refractivity contribution in [3.8, 4) is 0 Å². The van der Waals surface area contributed by atoms with E-state index in [9.17, 15) is 14.4 Å². The predicted molar refractivity (Wildman–Crippen MR) is 338 cm³/mol. The minimum atomic E-state index is -0.815. The number of hydrogen-bond donors (Lipinski definition) is 0. The molecular weight excluding hydrogens is 961 g/mol. The summed E-state index contributed by atoms with van der Waals surface area (Å²) in [5, 5.41) is 0. The fourth-order valence-corrected chi connectivity index (χ4v) is 7.61.